The molecule has 4 rings (SSSR count). The van der Waals surface area contributed by atoms with E-state index >= 15 is 0 Å². The van der Waals surface area contributed by atoms with Crippen molar-refractivity contribution in [1.29, 1.82) is 0 Å². The van der Waals surface area contributed by atoms with E-state index in [1.165, 1.54) is 4.57 Å². The largest absolute Gasteiger partial charge is 0.353 e. The normalized spacial score (nSPS) is 14.7. The maximum atomic E-state index is 13.1. The van der Waals surface area contributed by atoms with Gasteiger partial charge in [0.1, 0.15) is 5.82 Å². The van der Waals surface area contributed by atoms with E-state index in [1.54, 1.807) is 25.5 Å². The molecule has 0 unspecified atom stereocenters. The highest BCUT2D eigenvalue weighted by molar-refractivity contribution is 6.06. The molecule has 1 aromatic carbocycles. The Balaban J connectivity index is 1.59. The number of aromatic nitrogens is 2. The average Bonchev–Trinajstić information content (AvgIpc) is 2.71. The summed E-state index contributed by atoms with van der Waals surface area (Å²) in [7, 11) is 1.69. The number of amides is 1. The molecule has 1 aliphatic heterocycles. The van der Waals surface area contributed by atoms with Gasteiger partial charge in [0.05, 0.1) is 5.56 Å². The Morgan fingerprint density at radius 3 is 2.35 bits per heavy atom. The van der Waals surface area contributed by atoms with Crippen molar-refractivity contribution in [2.24, 2.45) is 7.05 Å². The van der Waals surface area contributed by atoms with Gasteiger partial charge in [-0.1, -0.05) is 24.3 Å². The second kappa shape index (κ2) is 6.63. The highest BCUT2D eigenvalue weighted by atomic mass is 16.2. The van der Waals surface area contributed by atoms with Crippen molar-refractivity contribution in [3.63, 3.8) is 0 Å². The zero-order valence-corrected chi connectivity index (χ0v) is 14.6. The summed E-state index contributed by atoms with van der Waals surface area (Å²) in [6.07, 6.45) is 3.43. The molecule has 1 amide bonds. The van der Waals surface area contributed by atoms with E-state index in [0.29, 0.717) is 29.4 Å². The number of carbonyl (C=O) groups is 1. The summed E-state index contributed by atoms with van der Waals surface area (Å²) in [6.45, 7) is 2.75. The zero-order chi connectivity index (χ0) is 18.1. The van der Waals surface area contributed by atoms with Crippen LogP contribution in [0.2, 0.25) is 0 Å². The second-order valence-electron chi connectivity index (χ2n) is 6.47. The van der Waals surface area contributed by atoms with Crippen molar-refractivity contribution < 1.29 is 4.79 Å². The molecule has 6 heteroatoms. The molecule has 1 fully saturated rings. The molecule has 26 heavy (non-hydrogen) atoms. The van der Waals surface area contributed by atoms with E-state index in [0.717, 1.165) is 18.9 Å². The van der Waals surface area contributed by atoms with E-state index < -0.39 is 0 Å². The lowest BCUT2D eigenvalue weighted by Crippen LogP contribution is -2.49. The van der Waals surface area contributed by atoms with Crippen molar-refractivity contribution >= 4 is 22.5 Å². The van der Waals surface area contributed by atoms with E-state index in [2.05, 4.69) is 9.88 Å². The Bertz CT molecular complexity index is 1010. The monoisotopic (exact) mass is 348 g/mol. The molecule has 0 radical (unpaired) electrons. The molecule has 1 saturated heterocycles. The molecule has 3 heterocycles. The molecule has 6 nitrogen and oxygen atoms in total. The van der Waals surface area contributed by atoms with Gasteiger partial charge in [0, 0.05) is 56.4 Å². The van der Waals surface area contributed by atoms with Crippen LogP contribution >= 0.6 is 0 Å². The summed E-state index contributed by atoms with van der Waals surface area (Å²) in [6, 6.07) is 13.1. The van der Waals surface area contributed by atoms with Gasteiger partial charge < -0.3 is 14.4 Å². The van der Waals surface area contributed by atoms with Gasteiger partial charge in [0.15, 0.2) is 0 Å². The van der Waals surface area contributed by atoms with Crippen LogP contribution < -0.4 is 10.5 Å². The van der Waals surface area contributed by atoms with E-state index in [4.69, 9.17) is 0 Å². The standard InChI is InChI=1S/C20H20N4O2/c1-22-14-17(15-6-2-3-7-16(15)19(22)25)20(26)24-12-10-23(11-13-24)18-8-4-5-9-21-18/h2-9,14H,10-13H2,1H3. The van der Waals surface area contributed by atoms with Crippen LogP contribution in [0.4, 0.5) is 5.82 Å². The van der Waals surface area contributed by atoms with Gasteiger partial charge >= 0.3 is 0 Å². The number of carbonyl (C=O) groups excluding carboxylic acids is 1. The number of benzene rings is 1. The van der Waals surface area contributed by atoms with Gasteiger partial charge in [0.25, 0.3) is 11.5 Å². The highest BCUT2D eigenvalue weighted by Crippen LogP contribution is 2.19. The van der Waals surface area contributed by atoms with Crippen molar-refractivity contribution in [3.8, 4) is 0 Å². The topological polar surface area (TPSA) is 58.4 Å². The van der Waals surface area contributed by atoms with E-state index in [9.17, 15) is 9.59 Å². The fourth-order valence-electron chi connectivity index (χ4n) is 3.44. The maximum Gasteiger partial charge on any atom is 0.258 e. The molecule has 0 saturated carbocycles. The van der Waals surface area contributed by atoms with Crippen LogP contribution in [0.1, 0.15) is 10.4 Å². The Morgan fingerprint density at radius 2 is 1.65 bits per heavy atom. The minimum atomic E-state index is -0.0860. The molecule has 132 valence electrons. The van der Waals surface area contributed by atoms with Crippen LogP contribution in [0.25, 0.3) is 10.8 Å². The fourth-order valence-corrected chi connectivity index (χ4v) is 3.44. The second-order valence-corrected chi connectivity index (χ2v) is 6.47. The van der Waals surface area contributed by atoms with Crippen LogP contribution in [-0.4, -0.2) is 46.5 Å². The summed E-state index contributed by atoms with van der Waals surface area (Å²) < 4.78 is 1.49. The molecule has 0 bridgehead atoms. The van der Waals surface area contributed by atoms with E-state index in [1.807, 2.05) is 41.3 Å². The van der Waals surface area contributed by atoms with Gasteiger partial charge in [0.2, 0.25) is 0 Å². The van der Waals surface area contributed by atoms with Crippen molar-refractivity contribution in [1.82, 2.24) is 14.5 Å². The summed E-state index contributed by atoms with van der Waals surface area (Å²) >= 11 is 0. The Morgan fingerprint density at radius 1 is 0.962 bits per heavy atom. The minimum absolute atomic E-state index is 0.0301. The summed E-state index contributed by atoms with van der Waals surface area (Å²) in [5, 5.41) is 1.29. The molecule has 3 aromatic rings. The summed E-state index contributed by atoms with van der Waals surface area (Å²) in [5.41, 5.74) is 0.492. The number of nitrogens with zero attached hydrogens (tertiary/aromatic N) is 4. The van der Waals surface area contributed by atoms with Gasteiger partial charge in [-0.25, -0.2) is 4.98 Å². The highest BCUT2D eigenvalue weighted by Gasteiger charge is 2.24. The third-order valence-corrected chi connectivity index (χ3v) is 4.86. The molecule has 2 aromatic heterocycles. The number of fused-ring (bicyclic) bond motifs is 1. The predicted octanol–water partition coefficient (Wildman–Crippen LogP) is 1.90. The number of pyridine rings is 2. The number of rotatable bonds is 2. The first kappa shape index (κ1) is 16.3. The van der Waals surface area contributed by atoms with Crippen LogP contribution in [0, 0.1) is 0 Å². The quantitative estimate of drug-likeness (QED) is 0.710. The third-order valence-electron chi connectivity index (χ3n) is 4.86. The van der Waals surface area contributed by atoms with Crippen LogP contribution in [0.5, 0.6) is 0 Å². The lowest BCUT2D eigenvalue weighted by Gasteiger charge is -2.35. The Hall–Kier alpha value is -3.15. The third kappa shape index (κ3) is 2.83. The van der Waals surface area contributed by atoms with Crippen LogP contribution in [0.3, 0.4) is 0 Å². The lowest BCUT2D eigenvalue weighted by atomic mass is 10.1. The molecule has 0 N–H and O–H groups in total. The summed E-state index contributed by atoms with van der Waals surface area (Å²) in [5.74, 6) is 0.907. The molecular weight excluding hydrogens is 328 g/mol. The first-order valence-electron chi connectivity index (χ1n) is 8.69. The molecule has 0 atom stereocenters. The summed E-state index contributed by atoms with van der Waals surface area (Å²) in [4.78, 5) is 33.8. The SMILES string of the molecule is Cn1cc(C(=O)N2CCN(c3ccccn3)CC2)c2ccccc2c1=O. The van der Waals surface area contributed by atoms with Gasteiger partial charge in [-0.3, -0.25) is 9.59 Å². The smallest absolute Gasteiger partial charge is 0.258 e. The van der Waals surface area contributed by atoms with Crippen molar-refractivity contribution in [2.45, 2.75) is 0 Å². The Labute approximate surface area is 151 Å². The Kier molecular flexibility index (Phi) is 4.16. The van der Waals surface area contributed by atoms with Gasteiger partial charge in [-0.15, -0.1) is 0 Å². The molecule has 1 aliphatic rings. The zero-order valence-electron chi connectivity index (χ0n) is 14.6. The first-order chi connectivity index (χ1) is 12.6. The molecular formula is C20H20N4O2. The van der Waals surface area contributed by atoms with E-state index in [-0.39, 0.29) is 11.5 Å². The molecule has 0 aliphatic carbocycles. The average molecular weight is 348 g/mol. The van der Waals surface area contributed by atoms with Crippen molar-refractivity contribution in [2.75, 3.05) is 31.1 Å². The van der Waals surface area contributed by atoms with Gasteiger partial charge in [-0.2, -0.15) is 0 Å². The number of aryl methyl sites for hydroxylation is 1. The van der Waals surface area contributed by atoms with Crippen LogP contribution in [-0.2, 0) is 7.05 Å². The minimum Gasteiger partial charge on any atom is -0.353 e. The first-order valence-corrected chi connectivity index (χ1v) is 8.69. The lowest BCUT2D eigenvalue weighted by molar-refractivity contribution is 0.0747. The maximum absolute atomic E-state index is 13.1. The number of piperazine rings is 1. The van der Waals surface area contributed by atoms with Crippen LogP contribution in [0.15, 0.2) is 59.7 Å². The van der Waals surface area contributed by atoms with Crippen molar-refractivity contribution in [3.05, 3.63) is 70.8 Å². The predicted molar refractivity (Wildman–Crippen MR) is 102 cm³/mol. The number of hydrogen-bond donors (Lipinski definition) is 0. The number of hydrogen-bond acceptors (Lipinski definition) is 4. The number of anilines is 1. The fraction of sp³-hybridized carbons (Fsp3) is 0.250. The van der Waals surface area contributed by atoms with Gasteiger partial charge in [-0.05, 0) is 18.2 Å². The molecule has 0 spiro atoms.